The highest BCUT2D eigenvalue weighted by molar-refractivity contribution is 7.99. The topological polar surface area (TPSA) is 38.9 Å². The average Bonchev–Trinajstić information content (AvgIpc) is 2.82. The van der Waals surface area contributed by atoms with E-state index in [0.29, 0.717) is 5.22 Å². The molecule has 1 aromatic carbocycles. The minimum atomic E-state index is 0.270. The number of aromatic nitrogens is 2. The van der Waals surface area contributed by atoms with Gasteiger partial charge < -0.3 is 4.42 Å². The van der Waals surface area contributed by atoms with Crippen molar-refractivity contribution in [3.63, 3.8) is 0 Å². The lowest BCUT2D eigenvalue weighted by molar-refractivity contribution is 0.488. The Labute approximate surface area is 109 Å². The van der Waals surface area contributed by atoms with Gasteiger partial charge in [0.1, 0.15) is 5.52 Å². The van der Waals surface area contributed by atoms with Crippen molar-refractivity contribution in [3.05, 3.63) is 54.4 Å². The monoisotopic (exact) mass is 256 g/mol. The molecular weight excluding hydrogens is 244 g/mol. The first-order chi connectivity index (χ1) is 8.83. The van der Waals surface area contributed by atoms with Crippen molar-refractivity contribution in [2.75, 3.05) is 0 Å². The van der Waals surface area contributed by atoms with E-state index < -0.39 is 0 Å². The van der Waals surface area contributed by atoms with E-state index >= 15 is 0 Å². The fourth-order valence-corrected chi connectivity index (χ4v) is 2.60. The van der Waals surface area contributed by atoms with E-state index in [9.17, 15) is 0 Å². The van der Waals surface area contributed by atoms with Crippen molar-refractivity contribution in [1.29, 1.82) is 0 Å². The summed E-state index contributed by atoms with van der Waals surface area (Å²) in [6.45, 7) is 2.12. The Balaban J connectivity index is 1.84. The smallest absolute Gasteiger partial charge is 0.257 e. The Bertz CT molecular complexity index is 618. The van der Waals surface area contributed by atoms with Gasteiger partial charge in [0.05, 0.1) is 0 Å². The van der Waals surface area contributed by atoms with Crippen LogP contribution in [0.5, 0.6) is 0 Å². The molecular formula is C14H12N2OS. The van der Waals surface area contributed by atoms with Crippen molar-refractivity contribution in [3.8, 4) is 0 Å². The second kappa shape index (κ2) is 4.82. The van der Waals surface area contributed by atoms with E-state index in [-0.39, 0.29) is 5.25 Å². The zero-order valence-electron chi connectivity index (χ0n) is 9.91. The normalized spacial score (nSPS) is 12.7. The van der Waals surface area contributed by atoms with E-state index in [0.717, 1.165) is 11.1 Å². The molecule has 3 nitrogen and oxygen atoms in total. The molecule has 4 heteroatoms. The molecule has 90 valence electrons. The van der Waals surface area contributed by atoms with Gasteiger partial charge in [-0.1, -0.05) is 30.0 Å². The number of hydrogen-bond donors (Lipinski definition) is 0. The van der Waals surface area contributed by atoms with Gasteiger partial charge in [0, 0.05) is 17.6 Å². The molecule has 0 aliphatic heterocycles. The van der Waals surface area contributed by atoms with Crippen LogP contribution < -0.4 is 0 Å². The van der Waals surface area contributed by atoms with Crippen molar-refractivity contribution in [2.24, 2.45) is 0 Å². The Morgan fingerprint density at radius 1 is 1.17 bits per heavy atom. The third-order valence-electron chi connectivity index (χ3n) is 2.71. The Kier molecular flexibility index (Phi) is 3.02. The van der Waals surface area contributed by atoms with Crippen molar-refractivity contribution < 1.29 is 4.42 Å². The predicted molar refractivity (Wildman–Crippen MR) is 72.5 cm³/mol. The van der Waals surface area contributed by atoms with Crippen LogP contribution in [0, 0.1) is 0 Å². The number of nitrogens with zero attached hydrogens (tertiary/aromatic N) is 2. The highest BCUT2D eigenvalue weighted by Gasteiger charge is 2.12. The highest BCUT2D eigenvalue weighted by atomic mass is 32.2. The molecule has 0 N–H and O–H groups in total. The molecule has 0 radical (unpaired) electrons. The maximum Gasteiger partial charge on any atom is 0.257 e. The lowest BCUT2D eigenvalue weighted by atomic mass is 10.2. The van der Waals surface area contributed by atoms with E-state index in [2.05, 4.69) is 23.0 Å². The van der Waals surface area contributed by atoms with Gasteiger partial charge in [-0.05, 0) is 30.7 Å². The molecule has 1 atom stereocenters. The molecule has 0 amide bonds. The number of benzene rings is 1. The summed E-state index contributed by atoms with van der Waals surface area (Å²) in [6, 6.07) is 11.8. The van der Waals surface area contributed by atoms with Gasteiger partial charge in [0.25, 0.3) is 5.22 Å². The van der Waals surface area contributed by atoms with E-state index in [1.54, 1.807) is 18.0 Å². The van der Waals surface area contributed by atoms with Gasteiger partial charge >= 0.3 is 0 Å². The number of rotatable bonds is 3. The lowest BCUT2D eigenvalue weighted by Crippen LogP contribution is -1.88. The van der Waals surface area contributed by atoms with Crippen LogP contribution in [0.3, 0.4) is 0 Å². The number of oxazole rings is 1. The minimum absolute atomic E-state index is 0.270. The Morgan fingerprint density at radius 3 is 2.83 bits per heavy atom. The van der Waals surface area contributed by atoms with Crippen LogP contribution in [0.4, 0.5) is 0 Å². The minimum Gasteiger partial charge on any atom is -0.431 e. The van der Waals surface area contributed by atoms with E-state index in [4.69, 9.17) is 4.42 Å². The summed E-state index contributed by atoms with van der Waals surface area (Å²) in [6.07, 6.45) is 3.65. The number of hydrogen-bond acceptors (Lipinski definition) is 4. The van der Waals surface area contributed by atoms with Gasteiger partial charge in [-0.3, -0.25) is 4.98 Å². The first kappa shape index (κ1) is 11.3. The molecule has 0 saturated heterocycles. The molecule has 18 heavy (non-hydrogen) atoms. The number of pyridine rings is 1. The van der Waals surface area contributed by atoms with Crippen molar-refractivity contribution in [1.82, 2.24) is 9.97 Å². The van der Waals surface area contributed by atoms with Gasteiger partial charge in [0.15, 0.2) is 5.58 Å². The third kappa shape index (κ3) is 2.24. The molecule has 0 saturated carbocycles. The van der Waals surface area contributed by atoms with Crippen LogP contribution in [0.15, 0.2) is 58.4 Å². The molecule has 0 bridgehead atoms. The zero-order chi connectivity index (χ0) is 12.4. The fourth-order valence-electron chi connectivity index (χ4n) is 1.74. The lowest BCUT2D eigenvalue weighted by Gasteiger charge is -2.07. The Morgan fingerprint density at radius 2 is 2.06 bits per heavy atom. The van der Waals surface area contributed by atoms with Crippen LogP contribution in [0.1, 0.15) is 17.7 Å². The van der Waals surface area contributed by atoms with Crippen LogP contribution in [-0.4, -0.2) is 9.97 Å². The van der Waals surface area contributed by atoms with Crippen LogP contribution in [-0.2, 0) is 0 Å². The number of fused-ring (bicyclic) bond motifs is 1. The summed E-state index contributed by atoms with van der Waals surface area (Å²) in [7, 11) is 0. The van der Waals surface area contributed by atoms with Gasteiger partial charge in [0.2, 0.25) is 0 Å². The van der Waals surface area contributed by atoms with Gasteiger partial charge in [-0.25, -0.2) is 4.98 Å². The maximum absolute atomic E-state index is 5.69. The summed E-state index contributed by atoms with van der Waals surface area (Å²) >= 11 is 1.60. The SMILES string of the molecule is C[C@H](Sc1nc2ccccc2o1)c1cccnc1. The molecule has 0 aliphatic rings. The van der Waals surface area contributed by atoms with Gasteiger partial charge in [-0.15, -0.1) is 0 Å². The van der Waals surface area contributed by atoms with E-state index in [1.807, 2.05) is 36.5 Å². The van der Waals surface area contributed by atoms with Crippen LogP contribution >= 0.6 is 11.8 Å². The average molecular weight is 256 g/mol. The molecule has 0 unspecified atom stereocenters. The molecule has 0 spiro atoms. The standard InChI is InChI=1S/C14H12N2OS/c1-10(11-5-4-8-15-9-11)18-14-16-12-6-2-3-7-13(12)17-14/h2-10H,1H3/t10-/m0/s1. The Hall–Kier alpha value is -1.81. The summed E-state index contributed by atoms with van der Waals surface area (Å²) in [5, 5.41) is 0.972. The largest absolute Gasteiger partial charge is 0.431 e. The van der Waals surface area contributed by atoms with E-state index in [1.165, 1.54) is 5.56 Å². The third-order valence-corrected chi connectivity index (χ3v) is 3.71. The molecule has 3 aromatic rings. The molecule has 3 rings (SSSR count). The first-order valence-electron chi connectivity index (χ1n) is 5.75. The first-order valence-corrected chi connectivity index (χ1v) is 6.63. The molecule has 0 fully saturated rings. The van der Waals surface area contributed by atoms with Crippen molar-refractivity contribution >= 4 is 22.9 Å². The van der Waals surface area contributed by atoms with Crippen LogP contribution in [0.25, 0.3) is 11.1 Å². The fraction of sp³-hybridized carbons (Fsp3) is 0.143. The molecule has 2 heterocycles. The van der Waals surface area contributed by atoms with Gasteiger partial charge in [-0.2, -0.15) is 0 Å². The molecule has 0 aliphatic carbocycles. The zero-order valence-corrected chi connectivity index (χ0v) is 10.7. The number of para-hydroxylation sites is 2. The summed E-state index contributed by atoms with van der Waals surface area (Å²) in [4.78, 5) is 8.58. The number of thioether (sulfide) groups is 1. The quantitative estimate of drug-likeness (QED) is 0.662. The summed E-state index contributed by atoms with van der Waals surface area (Å²) < 4.78 is 5.69. The molecule has 2 aromatic heterocycles. The summed E-state index contributed by atoms with van der Waals surface area (Å²) in [5.74, 6) is 0. The predicted octanol–water partition coefficient (Wildman–Crippen LogP) is 4.08. The second-order valence-corrected chi connectivity index (χ2v) is 5.29. The summed E-state index contributed by atoms with van der Waals surface area (Å²) in [5.41, 5.74) is 2.90. The van der Waals surface area contributed by atoms with Crippen molar-refractivity contribution in [2.45, 2.75) is 17.4 Å². The highest BCUT2D eigenvalue weighted by Crippen LogP contribution is 2.35. The van der Waals surface area contributed by atoms with Crippen LogP contribution in [0.2, 0.25) is 0 Å². The second-order valence-electron chi connectivity index (χ2n) is 3.99. The maximum atomic E-state index is 5.69.